The first kappa shape index (κ1) is 18.2. The molecule has 7 heteroatoms. The number of aromatic nitrogens is 4. The number of aryl methyl sites for hydroxylation is 2. The topological polar surface area (TPSA) is 73.0 Å². The van der Waals surface area contributed by atoms with Crippen molar-refractivity contribution >= 4 is 5.91 Å². The third kappa shape index (κ3) is 3.24. The Morgan fingerprint density at radius 3 is 2.54 bits per heavy atom. The fourth-order valence-corrected chi connectivity index (χ4v) is 3.72. The molecule has 0 saturated carbocycles. The highest BCUT2D eigenvalue weighted by molar-refractivity contribution is 5.80. The molecule has 3 heterocycles. The summed E-state index contributed by atoms with van der Waals surface area (Å²) in [6.45, 7) is 6.76. The fraction of sp³-hybridized carbons (Fsp3) is 0.333. The maximum atomic E-state index is 13.1. The van der Waals surface area contributed by atoms with Gasteiger partial charge in [-0.25, -0.2) is 9.36 Å². The maximum absolute atomic E-state index is 13.1. The van der Waals surface area contributed by atoms with Crippen molar-refractivity contribution in [2.24, 2.45) is 0 Å². The molecule has 3 aromatic rings. The number of hydrogen-bond donors (Lipinski definition) is 0. The summed E-state index contributed by atoms with van der Waals surface area (Å²) < 4.78 is 2.94. The van der Waals surface area contributed by atoms with E-state index in [0.717, 1.165) is 23.4 Å². The van der Waals surface area contributed by atoms with Crippen molar-refractivity contribution in [3.8, 4) is 5.82 Å². The van der Waals surface area contributed by atoms with E-state index in [9.17, 15) is 9.59 Å². The minimum atomic E-state index is -0.685. The Kier molecular flexibility index (Phi) is 4.58. The van der Waals surface area contributed by atoms with E-state index in [1.54, 1.807) is 22.6 Å². The average Bonchev–Trinajstić information content (AvgIpc) is 3.05. The number of hydrogen-bond acceptors (Lipinski definition) is 4. The summed E-state index contributed by atoms with van der Waals surface area (Å²) in [4.78, 5) is 27.3. The van der Waals surface area contributed by atoms with E-state index in [1.165, 1.54) is 16.3 Å². The lowest BCUT2D eigenvalue weighted by Crippen LogP contribution is -2.42. The highest BCUT2D eigenvalue weighted by Gasteiger charge is 2.27. The molecule has 0 fully saturated rings. The van der Waals surface area contributed by atoms with Gasteiger partial charge in [-0.2, -0.15) is 5.10 Å². The summed E-state index contributed by atoms with van der Waals surface area (Å²) in [5.41, 5.74) is 3.92. The molecule has 1 aliphatic heterocycles. The molecule has 144 valence electrons. The molecule has 4 rings (SSSR count). The van der Waals surface area contributed by atoms with Gasteiger partial charge in [0.15, 0.2) is 5.82 Å². The van der Waals surface area contributed by atoms with Crippen LogP contribution in [-0.2, 0) is 17.8 Å². The molecule has 7 nitrogen and oxygen atoms in total. The van der Waals surface area contributed by atoms with E-state index < -0.39 is 6.04 Å². The van der Waals surface area contributed by atoms with Crippen LogP contribution >= 0.6 is 0 Å². The number of rotatable bonds is 3. The number of amides is 1. The third-order valence-electron chi connectivity index (χ3n) is 5.20. The summed E-state index contributed by atoms with van der Waals surface area (Å²) >= 11 is 0. The fourth-order valence-electron chi connectivity index (χ4n) is 3.72. The van der Waals surface area contributed by atoms with Crippen LogP contribution in [0.1, 0.15) is 35.5 Å². The first-order valence-corrected chi connectivity index (χ1v) is 9.43. The van der Waals surface area contributed by atoms with Crippen LogP contribution in [0.2, 0.25) is 0 Å². The Morgan fingerprint density at radius 1 is 1.07 bits per heavy atom. The van der Waals surface area contributed by atoms with E-state index in [-0.39, 0.29) is 11.5 Å². The second kappa shape index (κ2) is 7.07. The van der Waals surface area contributed by atoms with Crippen molar-refractivity contribution < 1.29 is 4.79 Å². The zero-order chi connectivity index (χ0) is 19.8. The Balaban J connectivity index is 1.62. The molecule has 1 amide bonds. The van der Waals surface area contributed by atoms with Gasteiger partial charge in [-0.05, 0) is 50.5 Å². The van der Waals surface area contributed by atoms with E-state index in [4.69, 9.17) is 0 Å². The second-order valence-electron chi connectivity index (χ2n) is 7.27. The van der Waals surface area contributed by atoms with Crippen LogP contribution in [-0.4, -0.2) is 36.9 Å². The van der Waals surface area contributed by atoms with Gasteiger partial charge in [-0.1, -0.05) is 24.3 Å². The third-order valence-corrected chi connectivity index (χ3v) is 5.20. The zero-order valence-corrected chi connectivity index (χ0v) is 16.3. The summed E-state index contributed by atoms with van der Waals surface area (Å²) in [5, 5.41) is 8.85. The molecule has 0 saturated heterocycles. The predicted molar refractivity (Wildman–Crippen MR) is 105 cm³/mol. The normalized spacial score (nSPS) is 14.6. The van der Waals surface area contributed by atoms with Crippen LogP contribution in [0.15, 0.2) is 47.3 Å². The van der Waals surface area contributed by atoms with Gasteiger partial charge >= 0.3 is 0 Å². The van der Waals surface area contributed by atoms with Crippen molar-refractivity contribution in [3.05, 3.63) is 75.3 Å². The minimum Gasteiger partial charge on any atom is -0.336 e. The maximum Gasteiger partial charge on any atom is 0.267 e. The van der Waals surface area contributed by atoms with Crippen molar-refractivity contribution in [1.82, 2.24) is 24.5 Å². The van der Waals surface area contributed by atoms with Crippen molar-refractivity contribution in [2.75, 3.05) is 6.54 Å². The summed E-state index contributed by atoms with van der Waals surface area (Å²) in [7, 11) is 0. The Labute approximate surface area is 163 Å². The quantitative estimate of drug-likeness (QED) is 0.701. The van der Waals surface area contributed by atoms with Crippen LogP contribution in [0.25, 0.3) is 5.82 Å². The number of carbonyl (C=O) groups is 1. The first-order chi connectivity index (χ1) is 13.4. The lowest BCUT2D eigenvalue weighted by atomic mass is 9.99. The molecule has 0 bridgehead atoms. The van der Waals surface area contributed by atoms with Gasteiger partial charge < -0.3 is 4.90 Å². The molecule has 0 spiro atoms. The standard InChI is InChI=1S/C21H23N5O2/c1-14-12-15(2)25(22-14)19-8-9-20(27)26(23-19)16(3)21(28)24-11-10-17-6-4-5-7-18(17)13-24/h4-9,12,16H,10-11,13H2,1-3H3. The predicted octanol–water partition coefficient (Wildman–Crippen LogP) is 2.19. The molecular weight excluding hydrogens is 354 g/mol. The van der Waals surface area contributed by atoms with Gasteiger partial charge in [-0.15, -0.1) is 5.10 Å². The van der Waals surface area contributed by atoms with Gasteiger partial charge in [0, 0.05) is 24.8 Å². The van der Waals surface area contributed by atoms with Crippen LogP contribution in [0, 0.1) is 13.8 Å². The molecule has 0 radical (unpaired) electrons. The van der Waals surface area contributed by atoms with Crippen molar-refractivity contribution in [1.29, 1.82) is 0 Å². The average molecular weight is 377 g/mol. The minimum absolute atomic E-state index is 0.102. The highest BCUT2D eigenvalue weighted by Crippen LogP contribution is 2.21. The van der Waals surface area contributed by atoms with Crippen LogP contribution < -0.4 is 5.56 Å². The number of fused-ring (bicyclic) bond motifs is 1. The molecule has 1 aromatic carbocycles. The second-order valence-corrected chi connectivity index (χ2v) is 7.27. The van der Waals surface area contributed by atoms with E-state index >= 15 is 0 Å². The first-order valence-electron chi connectivity index (χ1n) is 9.43. The Morgan fingerprint density at radius 2 is 1.82 bits per heavy atom. The van der Waals surface area contributed by atoms with Crippen molar-refractivity contribution in [2.45, 2.75) is 39.8 Å². The molecule has 0 N–H and O–H groups in total. The van der Waals surface area contributed by atoms with E-state index in [1.807, 2.05) is 38.1 Å². The SMILES string of the molecule is Cc1cc(C)n(-c2ccc(=O)n(C(C)C(=O)N3CCc4ccccc4C3)n2)n1. The van der Waals surface area contributed by atoms with Crippen molar-refractivity contribution in [3.63, 3.8) is 0 Å². The summed E-state index contributed by atoms with van der Waals surface area (Å²) in [6, 6.07) is 12.5. The number of carbonyl (C=O) groups excluding carboxylic acids is 1. The van der Waals surface area contributed by atoms with Crippen LogP contribution in [0.5, 0.6) is 0 Å². The van der Waals surface area contributed by atoms with Gasteiger partial charge in [0.25, 0.3) is 5.56 Å². The lowest BCUT2D eigenvalue weighted by Gasteiger charge is -2.31. The van der Waals surface area contributed by atoms with Gasteiger partial charge in [0.05, 0.1) is 5.69 Å². The molecule has 2 aromatic heterocycles. The van der Waals surface area contributed by atoms with Gasteiger partial charge in [-0.3, -0.25) is 9.59 Å². The van der Waals surface area contributed by atoms with E-state index in [0.29, 0.717) is 18.9 Å². The Hall–Kier alpha value is -3.22. The van der Waals surface area contributed by atoms with Crippen LogP contribution in [0.3, 0.4) is 0 Å². The van der Waals surface area contributed by atoms with Crippen LogP contribution in [0.4, 0.5) is 0 Å². The monoisotopic (exact) mass is 377 g/mol. The molecule has 1 atom stereocenters. The molecule has 1 aliphatic rings. The number of benzene rings is 1. The molecule has 0 aliphatic carbocycles. The van der Waals surface area contributed by atoms with Gasteiger partial charge in [0.1, 0.15) is 6.04 Å². The van der Waals surface area contributed by atoms with Gasteiger partial charge in [0.2, 0.25) is 5.91 Å². The lowest BCUT2D eigenvalue weighted by molar-refractivity contribution is -0.135. The number of nitrogens with zero attached hydrogens (tertiary/aromatic N) is 5. The summed E-state index contributed by atoms with van der Waals surface area (Å²) in [5.74, 6) is 0.420. The molecular formula is C21H23N5O2. The largest absolute Gasteiger partial charge is 0.336 e. The van der Waals surface area contributed by atoms with E-state index in [2.05, 4.69) is 16.3 Å². The highest BCUT2D eigenvalue weighted by atomic mass is 16.2. The zero-order valence-electron chi connectivity index (χ0n) is 16.3. The molecule has 1 unspecified atom stereocenters. The molecule has 28 heavy (non-hydrogen) atoms. The Bertz CT molecular complexity index is 1100. The summed E-state index contributed by atoms with van der Waals surface area (Å²) in [6.07, 6.45) is 0.822. The smallest absolute Gasteiger partial charge is 0.267 e.